The second-order valence-corrected chi connectivity index (χ2v) is 10.5. The number of H-pyrrole nitrogens is 2. The van der Waals surface area contributed by atoms with Gasteiger partial charge < -0.3 is 9.88 Å². The third kappa shape index (κ3) is 5.29. The molecule has 0 radical (unpaired) electrons. The van der Waals surface area contributed by atoms with E-state index in [2.05, 4.69) is 72.4 Å². The third-order valence-corrected chi connectivity index (χ3v) is 7.70. The molecule has 2 aromatic carbocycles. The van der Waals surface area contributed by atoms with Crippen LogP contribution in [-0.4, -0.2) is 62.4 Å². The Morgan fingerprint density at radius 3 is 2.55 bits per heavy atom. The molecule has 3 aromatic heterocycles. The van der Waals surface area contributed by atoms with Gasteiger partial charge >= 0.3 is 0 Å². The molecule has 5 heterocycles. The van der Waals surface area contributed by atoms with E-state index in [0.717, 1.165) is 73.2 Å². The number of nitrogens with zero attached hydrogens (tertiary/aromatic N) is 6. The summed E-state index contributed by atoms with van der Waals surface area (Å²) in [5.74, 6) is 1.41. The number of allylic oxidation sites excluding steroid dienone is 3. The number of nitrogens with one attached hydrogen (secondary N) is 2. The number of aromatic nitrogens is 5. The third-order valence-electron chi connectivity index (χ3n) is 7.70. The van der Waals surface area contributed by atoms with E-state index in [1.807, 2.05) is 48.7 Å². The first kappa shape index (κ1) is 25.8. The van der Waals surface area contributed by atoms with E-state index in [-0.39, 0.29) is 5.56 Å². The zero-order valence-electron chi connectivity index (χ0n) is 23.1. The molecule has 9 heteroatoms. The summed E-state index contributed by atoms with van der Waals surface area (Å²) in [4.78, 5) is 34.0. The molecule has 42 heavy (non-hydrogen) atoms. The largest absolute Gasteiger partial charge is 0.337 e. The molecule has 1 saturated heterocycles. The van der Waals surface area contributed by atoms with Gasteiger partial charge in [0.2, 0.25) is 5.95 Å². The van der Waals surface area contributed by atoms with E-state index in [9.17, 15) is 4.79 Å². The number of pyridine rings is 2. The summed E-state index contributed by atoms with van der Waals surface area (Å²) in [6, 6.07) is 22.5. The molecule has 0 aliphatic carbocycles. The summed E-state index contributed by atoms with van der Waals surface area (Å²) < 4.78 is 0. The first-order chi connectivity index (χ1) is 20.7. The Bertz CT molecular complexity index is 1860. The number of rotatable bonds is 6. The van der Waals surface area contributed by atoms with E-state index < -0.39 is 0 Å². The van der Waals surface area contributed by atoms with Crippen LogP contribution < -0.4 is 10.5 Å². The van der Waals surface area contributed by atoms with Crippen molar-refractivity contribution in [3.8, 4) is 22.4 Å². The number of hydrogen-bond donors (Lipinski definition) is 2. The van der Waals surface area contributed by atoms with Gasteiger partial charge in [-0.05, 0) is 29.3 Å². The molecule has 5 aromatic rings. The maximum atomic E-state index is 12.5. The highest BCUT2D eigenvalue weighted by molar-refractivity contribution is 5.91. The Morgan fingerprint density at radius 1 is 0.881 bits per heavy atom. The molecule has 2 N–H and O–H groups in total. The van der Waals surface area contributed by atoms with Crippen LogP contribution >= 0.6 is 0 Å². The summed E-state index contributed by atoms with van der Waals surface area (Å²) in [5, 5.41) is 8.08. The molecule has 2 aliphatic heterocycles. The monoisotopic (exact) mass is 554 g/mol. The van der Waals surface area contributed by atoms with Crippen LogP contribution in [0.2, 0.25) is 0 Å². The summed E-state index contributed by atoms with van der Waals surface area (Å²) >= 11 is 0. The number of piperazine rings is 1. The fourth-order valence-corrected chi connectivity index (χ4v) is 5.44. The Balaban J connectivity index is 1.05. The lowest BCUT2D eigenvalue weighted by Crippen LogP contribution is -2.46. The smallest absolute Gasteiger partial charge is 0.257 e. The fraction of sp³-hybridized carbons (Fsp3) is 0.182. The molecule has 0 atom stereocenters. The molecule has 208 valence electrons. The van der Waals surface area contributed by atoms with Crippen molar-refractivity contribution in [1.82, 2.24) is 30.0 Å². The van der Waals surface area contributed by atoms with Crippen molar-refractivity contribution in [1.29, 1.82) is 0 Å². The fourth-order valence-electron chi connectivity index (χ4n) is 5.44. The van der Waals surface area contributed by atoms with E-state index >= 15 is 0 Å². The molecular weight excluding hydrogens is 524 g/mol. The highest BCUT2D eigenvalue weighted by Crippen LogP contribution is 2.33. The quantitative estimate of drug-likeness (QED) is 0.304. The van der Waals surface area contributed by atoms with E-state index in [4.69, 9.17) is 9.97 Å². The molecule has 0 bridgehead atoms. The minimum absolute atomic E-state index is 0.133. The van der Waals surface area contributed by atoms with Gasteiger partial charge in [0.15, 0.2) is 5.82 Å². The highest BCUT2D eigenvalue weighted by atomic mass is 16.1. The average molecular weight is 555 g/mol. The Labute approximate surface area is 243 Å². The molecule has 0 unspecified atom stereocenters. The van der Waals surface area contributed by atoms with E-state index in [1.54, 1.807) is 6.20 Å². The van der Waals surface area contributed by atoms with Crippen molar-refractivity contribution in [3.05, 3.63) is 113 Å². The topological polar surface area (TPSA) is 106 Å². The SMILES string of the molecule is O=c1[nH]ccc2nc(-c3ccc(CN4CCN(c5n[nH]c(C6=CC=CCC=N6)n5)CC4)cc3)c(-c3ccccc3)cc12. The van der Waals surface area contributed by atoms with Crippen molar-refractivity contribution >= 4 is 28.8 Å². The summed E-state index contributed by atoms with van der Waals surface area (Å²) in [6.07, 6.45) is 10.4. The summed E-state index contributed by atoms with van der Waals surface area (Å²) in [7, 11) is 0. The minimum atomic E-state index is -0.133. The number of fused-ring (bicyclic) bond motifs is 1. The minimum Gasteiger partial charge on any atom is -0.337 e. The van der Waals surface area contributed by atoms with Crippen LogP contribution in [0.3, 0.4) is 0 Å². The number of benzene rings is 2. The second kappa shape index (κ2) is 11.4. The molecule has 9 nitrogen and oxygen atoms in total. The van der Waals surface area contributed by atoms with Crippen molar-refractivity contribution in [2.24, 2.45) is 4.99 Å². The Morgan fingerprint density at radius 2 is 1.71 bits per heavy atom. The van der Waals surface area contributed by atoms with Gasteiger partial charge in [-0.2, -0.15) is 4.98 Å². The molecule has 2 aliphatic rings. The van der Waals surface area contributed by atoms with E-state index in [0.29, 0.717) is 16.7 Å². The van der Waals surface area contributed by atoms with Gasteiger partial charge in [0.1, 0.15) is 5.70 Å². The first-order valence-electron chi connectivity index (χ1n) is 14.2. The van der Waals surface area contributed by atoms with Crippen LogP contribution in [0.15, 0.2) is 101 Å². The van der Waals surface area contributed by atoms with Gasteiger partial charge in [-0.25, -0.2) is 4.98 Å². The predicted octanol–water partition coefficient (Wildman–Crippen LogP) is 5.07. The molecule has 7 rings (SSSR count). The van der Waals surface area contributed by atoms with Crippen molar-refractivity contribution in [2.45, 2.75) is 13.0 Å². The molecule has 0 spiro atoms. The summed E-state index contributed by atoms with van der Waals surface area (Å²) in [5.41, 5.74) is 6.46. The van der Waals surface area contributed by atoms with Gasteiger partial charge in [0.25, 0.3) is 5.56 Å². The highest BCUT2D eigenvalue weighted by Gasteiger charge is 2.21. The molecular formula is C33H30N8O. The Kier molecular flexibility index (Phi) is 6.99. The first-order valence-corrected chi connectivity index (χ1v) is 14.2. The maximum absolute atomic E-state index is 12.5. The average Bonchev–Trinajstić information content (AvgIpc) is 3.37. The molecule has 0 amide bonds. The van der Waals surface area contributed by atoms with Crippen molar-refractivity contribution in [2.75, 3.05) is 31.1 Å². The van der Waals surface area contributed by atoms with Crippen LogP contribution in [0.5, 0.6) is 0 Å². The standard InChI is InChI=1S/C33H30N8O/c42-32-27-21-26(24-7-3-1-4-8-24)30(36-28(27)14-16-35-32)25-12-10-23(11-13-25)22-40-17-19-41(20-18-40)33-37-31(38-39-33)29-9-5-2-6-15-34-29/h1-5,7-16,21H,6,17-20,22H2,(H,35,42)(H,37,38,39). The number of aliphatic imine (C=N–C) groups is 1. The normalized spacial score (nSPS) is 15.6. The van der Waals surface area contributed by atoms with Gasteiger partial charge in [-0.15, -0.1) is 5.10 Å². The van der Waals surface area contributed by atoms with E-state index in [1.165, 1.54) is 5.56 Å². The maximum Gasteiger partial charge on any atom is 0.257 e. The molecule has 0 saturated carbocycles. The van der Waals surface area contributed by atoms with Crippen LogP contribution in [0.4, 0.5) is 5.95 Å². The van der Waals surface area contributed by atoms with Crippen molar-refractivity contribution in [3.63, 3.8) is 0 Å². The van der Waals surface area contributed by atoms with Gasteiger partial charge in [-0.3, -0.25) is 19.8 Å². The zero-order chi connectivity index (χ0) is 28.3. The van der Waals surface area contributed by atoms with Gasteiger partial charge in [-0.1, -0.05) is 66.7 Å². The van der Waals surface area contributed by atoms with Crippen LogP contribution in [0.25, 0.3) is 39.0 Å². The van der Waals surface area contributed by atoms with Crippen molar-refractivity contribution < 1.29 is 0 Å². The predicted molar refractivity (Wildman–Crippen MR) is 167 cm³/mol. The summed E-state index contributed by atoms with van der Waals surface area (Å²) in [6.45, 7) is 4.44. The Hall–Kier alpha value is -5.15. The lowest BCUT2D eigenvalue weighted by atomic mass is 9.97. The van der Waals surface area contributed by atoms with Crippen LogP contribution in [0, 0.1) is 0 Å². The number of hydrogen-bond acceptors (Lipinski definition) is 7. The van der Waals surface area contributed by atoms with Crippen LogP contribution in [0.1, 0.15) is 17.8 Å². The van der Waals surface area contributed by atoms with Gasteiger partial charge in [0.05, 0.1) is 16.6 Å². The zero-order valence-corrected chi connectivity index (χ0v) is 23.1. The number of anilines is 1. The lowest BCUT2D eigenvalue weighted by Gasteiger charge is -2.34. The molecule has 1 fully saturated rings. The number of aromatic amines is 2. The van der Waals surface area contributed by atoms with Gasteiger partial charge in [0, 0.05) is 62.7 Å². The lowest BCUT2D eigenvalue weighted by molar-refractivity contribution is 0.249. The second-order valence-electron chi connectivity index (χ2n) is 10.5. The van der Waals surface area contributed by atoms with Crippen LogP contribution in [-0.2, 0) is 6.54 Å².